The SMILES string of the molecule is COCC(=O)N1CCC(C(=O)N[C@@H](C)c2ccccc2C(F)(F)F)CC1. The minimum Gasteiger partial charge on any atom is -0.375 e. The summed E-state index contributed by atoms with van der Waals surface area (Å²) >= 11 is 0. The van der Waals surface area contributed by atoms with E-state index in [0.717, 1.165) is 6.07 Å². The van der Waals surface area contributed by atoms with Crippen molar-refractivity contribution < 1.29 is 27.5 Å². The number of piperidine rings is 1. The van der Waals surface area contributed by atoms with Crippen molar-refractivity contribution >= 4 is 11.8 Å². The van der Waals surface area contributed by atoms with Crippen LogP contribution in [-0.4, -0.2) is 43.5 Å². The molecule has 0 spiro atoms. The summed E-state index contributed by atoms with van der Waals surface area (Å²) in [5.41, 5.74) is -0.700. The normalized spacial score (nSPS) is 17.0. The summed E-state index contributed by atoms with van der Waals surface area (Å²) in [7, 11) is 1.44. The molecule has 1 N–H and O–H groups in total. The zero-order valence-corrected chi connectivity index (χ0v) is 14.8. The maximum absolute atomic E-state index is 13.1. The Morgan fingerprint density at radius 1 is 1.27 bits per heavy atom. The molecule has 1 fully saturated rings. The van der Waals surface area contributed by atoms with Crippen LogP contribution < -0.4 is 5.32 Å². The van der Waals surface area contributed by atoms with Gasteiger partial charge in [0, 0.05) is 26.1 Å². The molecule has 1 aliphatic rings. The van der Waals surface area contributed by atoms with Crippen molar-refractivity contribution in [3.8, 4) is 0 Å². The van der Waals surface area contributed by atoms with Crippen LogP contribution in [0.2, 0.25) is 0 Å². The molecule has 5 nitrogen and oxygen atoms in total. The molecule has 0 unspecified atom stereocenters. The second-order valence-electron chi connectivity index (χ2n) is 6.40. The first-order valence-electron chi connectivity index (χ1n) is 8.47. The molecule has 2 amide bonds. The van der Waals surface area contributed by atoms with E-state index in [0.29, 0.717) is 25.9 Å². The monoisotopic (exact) mass is 372 g/mol. The molecule has 0 aromatic heterocycles. The van der Waals surface area contributed by atoms with E-state index in [1.54, 1.807) is 11.8 Å². The second kappa shape index (κ2) is 8.53. The molecule has 1 saturated heterocycles. The van der Waals surface area contributed by atoms with Crippen LogP contribution >= 0.6 is 0 Å². The third-order valence-electron chi connectivity index (χ3n) is 4.58. The fourth-order valence-corrected chi connectivity index (χ4v) is 3.15. The Labute approximate surface area is 150 Å². The van der Waals surface area contributed by atoms with E-state index >= 15 is 0 Å². The maximum Gasteiger partial charge on any atom is 0.416 e. The molecule has 1 heterocycles. The van der Waals surface area contributed by atoms with E-state index in [-0.39, 0.29) is 29.9 Å². The van der Waals surface area contributed by atoms with E-state index in [1.165, 1.54) is 25.3 Å². The Hall–Kier alpha value is -2.09. The van der Waals surface area contributed by atoms with E-state index in [9.17, 15) is 22.8 Å². The van der Waals surface area contributed by atoms with Gasteiger partial charge in [-0.1, -0.05) is 18.2 Å². The highest BCUT2D eigenvalue weighted by atomic mass is 19.4. The molecule has 0 aliphatic carbocycles. The molecule has 0 radical (unpaired) electrons. The molecular formula is C18H23F3N2O3. The lowest BCUT2D eigenvalue weighted by Crippen LogP contribution is -2.44. The highest BCUT2D eigenvalue weighted by molar-refractivity contribution is 5.80. The third kappa shape index (κ3) is 4.97. The lowest BCUT2D eigenvalue weighted by atomic mass is 9.94. The topological polar surface area (TPSA) is 58.6 Å². The Kier molecular flexibility index (Phi) is 6.63. The molecule has 1 aromatic rings. The lowest BCUT2D eigenvalue weighted by molar-refractivity contribution is -0.139. The Morgan fingerprint density at radius 3 is 2.46 bits per heavy atom. The van der Waals surface area contributed by atoms with E-state index in [4.69, 9.17) is 4.74 Å². The third-order valence-corrected chi connectivity index (χ3v) is 4.58. The van der Waals surface area contributed by atoms with Crippen molar-refractivity contribution in [2.24, 2.45) is 5.92 Å². The molecule has 0 bridgehead atoms. The summed E-state index contributed by atoms with van der Waals surface area (Å²) in [6.07, 6.45) is -3.51. The van der Waals surface area contributed by atoms with Crippen molar-refractivity contribution in [2.75, 3.05) is 26.8 Å². The van der Waals surface area contributed by atoms with Gasteiger partial charge in [-0.05, 0) is 31.4 Å². The summed E-state index contributed by atoms with van der Waals surface area (Å²) in [4.78, 5) is 25.8. The van der Waals surface area contributed by atoms with Crippen molar-refractivity contribution in [2.45, 2.75) is 32.0 Å². The molecule has 26 heavy (non-hydrogen) atoms. The predicted octanol–water partition coefficient (Wildman–Crippen LogP) is 2.77. The highest BCUT2D eigenvalue weighted by Crippen LogP contribution is 2.34. The standard InChI is InChI=1S/C18H23F3N2O3/c1-12(14-5-3-4-6-15(14)18(19,20)21)22-17(25)13-7-9-23(10-8-13)16(24)11-26-2/h3-6,12-13H,7-11H2,1-2H3,(H,22,25)/t12-/m0/s1. The fourth-order valence-electron chi connectivity index (χ4n) is 3.15. The first kappa shape index (κ1) is 20.2. The van der Waals surface area contributed by atoms with Crippen LogP contribution in [0.15, 0.2) is 24.3 Å². The first-order chi connectivity index (χ1) is 12.2. The Morgan fingerprint density at radius 2 is 1.88 bits per heavy atom. The number of likely N-dealkylation sites (tertiary alicyclic amines) is 1. The quantitative estimate of drug-likeness (QED) is 0.865. The minimum absolute atomic E-state index is 0.00211. The Bertz CT molecular complexity index is 641. The summed E-state index contributed by atoms with van der Waals surface area (Å²) < 4.78 is 44.2. The van der Waals surface area contributed by atoms with Gasteiger partial charge in [0.25, 0.3) is 0 Å². The van der Waals surface area contributed by atoms with Gasteiger partial charge in [0.2, 0.25) is 11.8 Å². The number of alkyl halides is 3. The van der Waals surface area contributed by atoms with Gasteiger partial charge in [-0.25, -0.2) is 0 Å². The van der Waals surface area contributed by atoms with Crippen LogP contribution in [0.4, 0.5) is 13.2 Å². The Balaban J connectivity index is 1.96. The van der Waals surface area contributed by atoms with Gasteiger partial charge < -0.3 is 15.0 Å². The van der Waals surface area contributed by atoms with Gasteiger partial charge in [0.1, 0.15) is 6.61 Å². The van der Waals surface area contributed by atoms with Crippen LogP contribution in [0.1, 0.15) is 36.9 Å². The number of hydrogen-bond acceptors (Lipinski definition) is 3. The molecule has 1 atom stereocenters. The van der Waals surface area contributed by atoms with Gasteiger partial charge >= 0.3 is 6.18 Å². The highest BCUT2D eigenvalue weighted by Gasteiger charge is 2.35. The number of ether oxygens (including phenoxy) is 1. The van der Waals surface area contributed by atoms with Gasteiger partial charge in [0.15, 0.2) is 0 Å². The lowest BCUT2D eigenvalue weighted by Gasteiger charge is -2.32. The van der Waals surface area contributed by atoms with Gasteiger partial charge in [-0.2, -0.15) is 13.2 Å². The minimum atomic E-state index is -4.47. The van der Waals surface area contributed by atoms with Gasteiger partial charge in [-0.15, -0.1) is 0 Å². The smallest absolute Gasteiger partial charge is 0.375 e. The van der Waals surface area contributed by atoms with Crippen molar-refractivity contribution in [3.05, 3.63) is 35.4 Å². The number of rotatable bonds is 5. The van der Waals surface area contributed by atoms with Crippen molar-refractivity contribution in [1.29, 1.82) is 0 Å². The van der Waals surface area contributed by atoms with E-state index < -0.39 is 17.8 Å². The van der Waals surface area contributed by atoms with Gasteiger partial charge in [-0.3, -0.25) is 9.59 Å². The number of carbonyl (C=O) groups is 2. The zero-order chi connectivity index (χ0) is 19.3. The molecule has 2 rings (SSSR count). The largest absolute Gasteiger partial charge is 0.416 e. The molecule has 1 aliphatic heterocycles. The number of carbonyl (C=O) groups excluding carboxylic acids is 2. The summed E-state index contributed by atoms with van der Waals surface area (Å²) in [5.74, 6) is -0.728. The molecule has 1 aromatic carbocycles. The van der Waals surface area contributed by atoms with Gasteiger partial charge in [0.05, 0.1) is 11.6 Å². The predicted molar refractivity (Wildman–Crippen MR) is 89.2 cm³/mol. The van der Waals surface area contributed by atoms with Crippen LogP contribution in [0.3, 0.4) is 0 Å². The number of nitrogens with zero attached hydrogens (tertiary/aromatic N) is 1. The summed E-state index contributed by atoms with van der Waals surface area (Å²) in [6, 6.07) is 4.48. The molecular weight excluding hydrogens is 349 g/mol. The van der Waals surface area contributed by atoms with Crippen LogP contribution in [0.5, 0.6) is 0 Å². The first-order valence-corrected chi connectivity index (χ1v) is 8.47. The van der Waals surface area contributed by atoms with E-state index in [1.807, 2.05) is 0 Å². The number of amides is 2. The average Bonchev–Trinajstić information content (AvgIpc) is 2.61. The summed E-state index contributed by atoms with van der Waals surface area (Å²) in [5, 5.41) is 2.68. The number of hydrogen-bond donors (Lipinski definition) is 1. The number of methoxy groups -OCH3 is 1. The molecule has 8 heteroatoms. The van der Waals surface area contributed by atoms with Crippen molar-refractivity contribution in [3.63, 3.8) is 0 Å². The second-order valence-corrected chi connectivity index (χ2v) is 6.40. The van der Waals surface area contributed by atoms with Crippen molar-refractivity contribution in [1.82, 2.24) is 10.2 Å². The average molecular weight is 372 g/mol. The van der Waals surface area contributed by atoms with Crippen LogP contribution in [0.25, 0.3) is 0 Å². The molecule has 0 saturated carbocycles. The number of halogens is 3. The zero-order valence-electron chi connectivity index (χ0n) is 14.8. The maximum atomic E-state index is 13.1. The van der Waals surface area contributed by atoms with Crippen LogP contribution in [0, 0.1) is 5.92 Å². The molecule has 144 valence electrons. The fraction of sp³-hybridized carbons (Fsp3) is 0.556. The van der Waals surface area contributed by atoms with E-state index in [2.05, 4.69) is 5.32 Å². The van der Waals surface area contributed by atoms with Crippen LogP contribution in [-0.2, 0) is 20.5 Å². The summed E-state index contributed by atoms with van der Waals surface area (Å²) in [6.45, 7) is 2.42. The number of benzene rings is 1. The number of nitrogens with one attached hydrogen (secondary N) is 1.